The maximum atomic E-state index is 6.27. The van der Waals surface area contributed by atoms with E-state index in [9.17, 15) is 0 Å². The summed E-state index contributed by atoms with van der Waals surface area (Å²) in [6, 6.07) is 6.39. The molecule has 0 aliphatic heterocycles. The van der Waals surface area contributed by atoms with E-state index < -0.39 is 0 Å². The first-order chi connectivity index (χ1) is 9.41. The van der Waals surface area contributed by atoms with E-state index in [0.29, 0.717) is 11.1 Å². The average Bonchev–Trinajstić information content (AvgIpc) is 2.76. The first-order valence-electron chi connectivity index (χ1n) is 6.90. The number of halogens is 2. The number of nitrogens with zero attached hydrogens (tertiary/aromatic N) is 3. The van der Waals surface area contributed by atoms with Crippen LogP contribution in [0.3, 0.4) is 0 Å². The number of hydrogen-bond acceptors (Lipinski definition) is 2. The lowest BCUT2D eigenvalue weighted by Crippen LogP contribution is -2.30. The largest absolute Gasteiger partial charge is 0.325 e. The highest BCUT2D eigenvalue weighted by Crippen LogP contribution is 2.28. The van der Waals surface area contributed by atoms with Crippen LogP contribution in [0, 0.1) is 0 Å². The molecule has 0 spiro atoms. The van der Waals surface area contributed by atoms with Gasteiger partial charge in [-0.3, -0.25) is 0 Å². The summed E-state index contributed by atoms with van der Waals surface area (Å²) in [6.45, 7) is 8.13. The summed E-state index contributed by atoms with van der Waals surface area (Å²) < 4.78 is 2.18. The molecule has 0 saturated carbocycles. The number of rotatable bonds is 5. The number of alkyl halides is 1. The van der Waals surface area contributed by atoms with Crippen LogP contribution in [0.1, 0.15) is 32.0 Å². The molecule has 0 saturated heterocycles. The first-order valence-corrected chi connectivity index (χ1v) is 7.72. The zero-order chi connectivity index (χ0) is 14.9. The Morgan fingerprint density at radius 2 is 2.00 bits per heavy atom. The molecule has 0 N–H and O–H groups in total. The zero-order valence-electron chi connectivity index (χ0n) is 12.4. The van der Waals surface area contributed by atoms with Crippen LogP contribution in [0.4, 0.5) is 0 Å². The van der Waals surface area contributed by atoms with E-state index >= 15 is 0 Å². The minimum absolute atomic E-state index is 0.136. The van der Waals surface area contributed by atoms with Crippen molar-refractivity contribution in [1.29, 1.82) is 0 Å². The molecule has 110 valence electrons. The number of para-hydroxylation sites is 1. The predicted octanol–water partition coefficient (Wildman–Crippen LogP) is 4.33. The third-order valence-corrected chi connectivity index (χ3v) is 4.17. The van der Waals surface area contributed by atoms with Crippen molar-refractivity contribution in [2.45, 2.75) is 38.7 Å². The lowest BCUT2D eigenvalue weighted by molar-refractivity contribution is 0.263. The third-order valence-electron chi connectivity index (χ3n) is 3.67. The highest BCUT2D eigenvalue weighted by molar-refractivity contribution is 6.35. The second-order valence-electron chi connectivity index (χ2n) is 5.42. The second kappa shape index (κ2) is 6.33. The monoisotopic (exact) mass is 313 g/mol. The molecule has 1 atom stereocenters. The van der Waals surface area contributed by atoms with Gasteiger partial charge in [0.15, 0.2) is 0 Å². The van der Waals surface area contributed by atoms with Crippen molar-refractivity contribution in [2.24, 2.45) is 0 Å². The normalized spacial score (nSPS) is 13.6. The molecule has 1 heterocycles. The average molecular weight is 314 g/mol. The van der Waals surface area contributed by atoms with Crippen molar-refractivity contribution in [2.75, 3.05) is 13.6 Å². The molecular formula is C15H21Cl2N3. The van der Waals surface area contributed by atoms with Crippen molar-refractivity contribution in [1.82, 2.24) is 14.5 Å². The Balaban J connectivity index is 2.39. The lowest BCUT2D eigenvalue weighted by Gasteiger charge is -2.22. The van der Waals surface area contributed by atoms with Crippen molar-refractivity contribution >= 4 is 34.2 Å². The van der Waals surface area contributed by atoms with Gasteiger partial charge in [-0.1, -0.05) is 17.7 Å². The van der Waals surface area contributed by atoms with E-state index in [2.05, 4.69) is 35.3 Å². The van der Waals surface area contributed by atoms with Gasteiger partial charge in [0.2, 0.25) is 0 Å². The SMILES string of the molecule is CC(Cl)c1nc2c(Cl)cccc2n1CCN(C)C(C)C. The molecule has 5 heteroatoms. The molecule has 3 nitrogen and oxygen atoms in total. The summed E-state index contributed by atoms with van der Waals surface area (Å²) in [5, 5.41) is 0.542. The van der Waals surface area contributed by atoms with Gasteiger partial charge in [0, 0.05) is 19.1 Å². The van der Waals surface area contributed by atoms with Gasteiger partial charge in [0.1, 0.15) is 11.3 Å². The van der Waals surface area contributed by atoms with Crippen molar-refractivity contribution in [3.05, 3.63) is 29.0 Å². The molecule has 20 heavy (non-hydrogen) atoms. The quantitative estimate of drug-likeness (QED) is 0.766. The highest BCUT2D eigenvalue weighted by atomic mass is 35.5. The molecule has 0 radical (unpaired) electrons. The molecular weight excluding hydrogens is 293 g/mol. The Kier molecular flexibility index (Phi) is 4.95. The van der Waals surface area contributed by atoms with E-state index in [1.165, 1.54) is 0 Å². The summed E-state index contributed by atoms with van der Waals surface area (Å²) in [6.07, 6.45) is 0. The van der Waals surface area contributed by atoms with Crippen LogP contribution in [-0.2, 0) is 6.54 Å². The lowest BCUT2D eigenvalue weighted by atomic mass is 10.3. The molecule has 0 bridgehead atoms. The van der Waals surface area contributed by atoms with E-state index in [4.69, 9.17) is 23.2 Å². The molecule has 2 rings (SSSR count). The van der Waals surface area contributed by atoms with Gasteiger partial charge in [0.05, 0.1) is 15.9 Å². The van der Waals surface area contributed by atoms with Gasteiger partial charge < -0.3 is 9.47 Å². The van der Waals surface area contributed by atoms with Gasteiger partial charge >= 0.3 is 0 Å². The number of likely N-dealkylation sites (N-methyl/N-ethyl adjacent to an activating group) is 1. The van der Waals surface area contributed by atoms with Crippen molar-refractivity contribution in [3.63, 3.8) is 0 Å². The number of imidazole rings is 1. The standard InChI is InChI=1S/C15H21Cl2N3/c1-10(2)19(4)8-9-20-13-7-5-6-12(17)14(13)18-15(20)11(3)16/h5-7,10-11H,8-9H2,1-4H3. The fraction of sp³-hybridized carbons (Fsp3) is 0.533. The molecule has 0 aliphatic carbocycles. The van der Waals surface area contributed by atoms with Crippen LogP contribution in [0.5, 0.6) is 0 Å². The molecule has 1 aromatic carbocycles. The van der Waals surface area contributed by atoms with Crippen LogP contribution in [0.25, 0.3) is 11.0 Å². The van der Waals surface area contributed by atoms with Crippen LogP contribution in [-0.4, -0.2) is 34.1 Å². The van der Waals surface area contributed by atoms with Crippen molar-refractivity contribution in [3.8, 4) is 0 Å². The maximum Gasteiger partial charge on any atom is 0.127 e. The smallest absolute Gasteiger partial charge is 0.127 e. The summed E-state index contributed by atoms with van der Waals surface area (Å²) in [5.74, 6) is 0.881. The van der Waals surface area contributed by atoms with Crippen LogP contribution in [0.15, 0.2) is 18.2 Å². The number of benzene rings is 1. The van der Waals surface area contributed by atoms with Crippen LogP contribution < -0.4 is 0 Å². The van der Waals surface area contributed by atoms with Gasteiger partial charge in [-0.05, 0) is 40.0 Å². The number of hydrogen-bond donors (Lipinski definition) is 0. The van der Waals surface area contributed by atoms with Gasteiger partial charge in [-0.2, -0.15) is 0 Å². The van der Waals surface area contributed by atoms with Crippen LogP contribution in [0.2, 0.25) is 5.02 Å². The third kappa shape index (κ3) is 3.11. The maximum absolute atomic E-state index is 6.27. The molecule has 2 aromatic rings. The van der Waals surface area contributed by atoms with Crippen LogP contribution >= 0.6 is 23.2 Å². The van der Waals surface area contributed by atoms with E-state index in [1.54, 1.807) is 0 Å². The molecule has 0 aliphatic rings. The molecule has 1 aromatic heterocycles. The Bertz CT molecular complexity index is 590. The minimum Gasteiger partial charge on any atom is -0.325 e. The Hall–Kier alpha value is -0.770. The minimum atomic E-state index is -0.136. The van der Waals surface area contributed by atoms with Gasteiger partial charge in [-0.15, -0.1) is 11.6 Å². The Morgan fingerprint density at radius 1 is 1.30 bits per heavy atom. The van der Waals surface area contributed by atoms with Gasteiger partial charge in [0.25, 0.3) is 0 Å². The highest BCUT2D eigenvalue weighted by Gasteiger charge is 2.17. The summed E-state index contributed by atoms with van der Waals surface area (Å²) in [7, 11) is 2.13. The fourth-order valence-electron chi connectivity index (χ4n) is 2.19. The zero-order valence-corrected chi connectivity index (χ0v) is 13.9. The molecule has 0 fully saturated rings. The Labute approximate surface area is 130 Å². The van der Waals surface area contributed by atoms with E-state index in [-0.39, 0.29) is 5.38 Å². The predicted molar refractivity (Wildman–Crippen MR) is 86.8 cm³/mol. The van der Waals surface area contributed by atoms with E-state index in [0.717, 1.165) is 29.9 Å². The summed E-state index contributed by atoms with van der Waals surface area (Å²) >= 11 is 12.5. The summed E-state index contributed by atoms with van der Waals surface area (Å²) in [5.41, 5.74) is 1.89. The second-order valence-corrected chi connectivity index (χ2v) is 6.48. The van der Waals surface area contributed by atoms with E-state index in [1.807, 2.05) is 25.1 Å². The topological polar surface area (TPSA) is 21.1 Å². The molecule has 1 unspecified atom stereocenters. The summed E-state index contributed by atoms with van der Waals surface area (Å²) in [4.78, 5) is 6.92. The molecule has 0 amide bonds. The number of fused-ring (bicyclic) bond motifs is 1. The number of aromatic nitrogens is 2. The first kappa shape index (κ1) is 15.6. The Morgan fingerprint density at radius 3 is 2.60 bits per heavy atom. The fourth-order valence-corrected chi connectivity index (χ4v) is 2.56. The van der Waals surface area contributed by atoms with Gasteiger partial charge in [-0.25, -0.2) is 4.98 Å². The van der Waals surface area contributed by atoms with Crippen molar-refractivity contribution < 1.29 is 0 Å².